The van der Waals surface area contributed by atoms with Crippen LogP contribution in [0.2, 0.25) is 0 Å². The number of amides is 1. The Morgan fingerprint density at radius 1 is 1.20 bits per heavy atom. The molecule has 2 aliphatic heterocycles. The molecule has 2 saturated heterocycles. The van der Waals surface area contributed by atoms with Gasteiger partial charge in [-0.15, -0.1) is 0 Å². The summed E-state index contributed by atoms with van der Waals surface area (Å²) in [6.07, 6.45) is 1.79. The Labute approximate surface area is 145 Å². The molecule has 1 amide bonds. The maximum absolute atomic E-state index is 12.8. The van der Waals surface area contributed by atoms with E-state index < -0.39 is 0 Å². The summed E-state index contributed by atoms with van der Waals surface area (Å²) in [5.74, 6) is 0.697. The van der Waals surface area contributed by atoms with Crippen molar-refractivity contribution in [1.29, 1.82) is 0 Å². The number of piperidine rings is 1. The van der Waals surface area contributed by atoms with E-state index in [9.17, 15) is 9.59 Å². The van der Waals surface area contributed by atoms with Gasteiger partial charge in [0.25, 0.3) is 5.56 Å². The van der Waals surface area contributed by atoms with E-state index in [1.807, 2.05) is 28.0 Å². The van der Waals surface area contributed by atoms with Gasteiger partial charge in [-0.1, -0.05) is 12.1 Å². The molecule has 2 aromatic rings. The maximum atomic E-state index is 12.8. The summed E-state index contributed by atoms with van der Waals surface area (Å²) in [6, 6.07) is 7.32. The first kappa shape index (κ1) is 16.1. The highest BCUT2D eigenvalue weighted by Crippen LogP contribution is 2.23. The highest BCUT2D eigenvalue weighted by molar-refractivity contribution is 5.80. The fraction of sp³-hybridized carbons (Fsp3) is 0.500. The molecule has 7 heteroatoms. The number of rotatable bonds is 2. The number of nitrogens with zero attached hydrogens (tertiary/aromatic N) is 3. The number of para-hydroxylation sites is 1. The number of fused-ring (bicyclic) bond motifs is 1. The summed E-state index contributed by atoms with van der Waals surface area (Å²) >= 11 is 0. The van der Waals surface area contributed by atoms with E-state index in [2.05, 4.69) is 9.97 Å². The predicted molar refractivity (Wildman–Crippen MR) is 94.7 cm³/mol. The highest BCUT2D eigenvalue weighted by Gasteiger charge is 2.31. The van der Waals surface area contributed by atoms with Crippen LogP contribution < -0.4 is 10.5 Å². The number of morpholine rings is 1. The molecule has 0 bridgehead atoms. The number of benzene rings is 1. The Balaban J connectivity index is 1.55. The Morgan fingerprint density at radius 3 is 2.84 bits per heavy atom. The van der Waals surface area contributed by atoms with Gasteiger partial charge in [-0.2, -0.15) is 0 Å². The minimum Gasteiger partial charge on any atom is -0.378 e. The molecule has 1 aromatic carbocycles. The molecule has 4 rings (SSSR count). The predicted octanol–water partition coefficient (Wildman–Crippen LogP) is 0.998. The molecule has 0 saturated carbocycles. The molecular formula is C18H22N4O3. The molecule has 25 heavy (non-hydrogen) atoms. The number of aromatic nitrogens is 2. The van der Waals surface area contributed by atoms with Gasteiger partial charge in [0.2, 0.25) is 11.9 Å². The minimum absolute atomic E-state index is 0.0522. The van der Waals surface area contributed by atoms with Gasteiger partial charge in [-0.3, -0.25) is 14.6 Å². The van der Waals surface area contributed by atoms with Crippen LogP contribution >= 0.6 is 0 Å². The smallest absolute Gasteiger partial charge is 0.260 e. The van der Waals surface area contributed by atoms with Crippen LogP contribution in [0.3, 0.4) is 0 Å². The van der Waals surface area contributed by atoms with Crippen LogP contribution in [-0.2, 0) is 9.53 Å². The average molecular weight is 342 g/mol. The number of anilines is 1. The third-order valence-electron chi connectivity index (χ3n) is 4.99. The number of H-pyrrole nitrogens is 1. The molecule has 1 unspecified atom stereocenters. The van der Waals surface area contributed by atoms with Crippen LogP contribution in [0.4, 0.5) is 5.95 Å². The van der Waals surface area contributed by atoms with E-state index in [-0.39, 0.29) is 17.4 Å². The number of nitrogens with one attached hydrogen (secondary N) is 1. The molecule has 0 spiro atoms. The van der Waals surface area contributed by atoms with Crippen molar-refractivity contribution in [1.82, 2.24) is 14.9 Å². The normalized spacial score (nSPS) is 21.5. The number of aromatic amines is 1. The lowest BCUT2D eigenvalue weighted by molar-refractivity contribution is -0.139. The lowest BCUT2D eigenvalue weighted by Gasteiger charge is -2.36. The van der Waals surface area contributed by atoms with Crippen molar-refractivity contribution in [2.24, 2.45) is 5.92 Å². The van der Waals surface area contributed by atoms with Crippen molar-refractivity contribution in [3.8, 4) is 0 Å². The van der Waals surface area contributed by atoms with Gasteiger partial charge in [0.05, 0.1) is 30.0 Å². The lowest BCUT2D eigenvalue weighted by Crippen LogP contribution is -2.48. The molecular weight excluding hydrogens is 320 g/mol. The van der Waals surface area contributed by atoms with Crippen LogP contribution in [-0.4, -0.2) is 60.2 Å². The van der Waals surface area contributed by atoms with E-state index in [4.69, 9.17) is 4.74 Å². The summed E-state index contributed by atoms with van der Waals surface area (Å²) in [4.78, 5) is 36.4. The van der Waals surface area contributed by atoms with Gasteiger partial charge in [0.15, 0.2) is 0 Å². The largest absolute Gasteiger partial charge is 0.378 e. The zero-order valence-corrected chi connectivity index (χ0v) is 14.1. The fourth-order valence-electron chi connectivity index (χ4n) is 3.64. The van der Waals surface area contributed by atoms with Crippen LogP contribution in [0.25, 0.3) is 10.9 Å². The van der Waals surface area contributed by atoms with E-state index in [0.717, 1.165) is 19.4 Å². The van der Waals surface area contributed by atoms with E-state index in [0.29, 0.717) is 49.7 Å². The topological polar surface area (TPSA) is 78.5 Å². The average Bonchev–Trinajstić information content (AvgIpc) is 2.68. The Hall–Kier alpha value is -2.41. The molecule has 1 aromatic heterocycles. The summed E-state index contributed by atoms with van der Waals surface area (Å²) in [5.41, 5.74) is 0.546. The van der Waals surface area contributed by atoms with Crippen molar-refractivity contribution >= 4 is 22.8 Å². The van der Waals surface area contributed by atoms with Crippen LogP contribution in [0.5, 0.6) is 0 Å². The number of hydrogen-bond acceptors (Lipinski definition) is 5. The zero-order chi connectivity index (χ0) is 17.2. The van der Waals surface area contributed by atoms with Crippen molar-refractivity contribution in [3.63, 3.8) is 0 Å². The Bertz CT molecular complexity index is 828. The summed E-state index contributed by atoms with van der Waals surface area (Å²) in [6.45, 7) is 3.95. The van der Waals surface area contributed by atoms with Gasteiger partial charge in [0.1, 0.15) is 0 Å². The summed E-state index contributed by atoms with van der Waals surface area (Å²) in [5, 5.41) is 0.587. The quantitative estimate of drug-likeness (QED) is 0.881. The van der Waals surface area contributed by atoms with Crippen LogP contribution in [0, 0.1) is 5.92 Å². The highest BCUT2D eigenvalue weighted by atomic mass is 16.5. The molecule has 2 fully saturated rings. The third kappa shape index (κ3) is 3.24. The first-order valence-electron chi connectivity index (χ1n) is 8.83. The third-order valence-corrected chi connectivity index (χ3v) is 4.99. The zero-order valence-electron chi connectivity index (χ0n) is 14.1. The van der Waals surface area contributed by atoms with Crippen LogP contribution in [0.15, 0.2) is 29.1 Å². The Kier molecular flexibility index (Phi) is 4.40. The fourth-order valence-corrected chi connectivity index (χ4v) is 3.64. The first-order valence-corrected chi connectivity index (χ1v) is 8.83. The van der Waals surface area contributed by atoms with Crippen molar-refractivity contribution in [2.45, 2.75) is 12.8 Å². The number of hydrogen-bond donors (Lipinski definition) is 1. The van der Waals surface area contributed by atoms with Crippen molar-refractivity contribution in [2.75, 3.05) is 44.3 Å². The van der Waals surface area contributed by atoms with Gasteiger partial charge in [-0.05, 0) is 25.0 Å². The molecule has 1 N–H and O–H groups in total. The second-order valence-electron chi connectivity index (χ2n) is 6.63. The summed E-state index contributed by atoms with van der Waals surface area (Å²) < 4.78 is 5.33. The first-order chi connectivity index (χ1) is 12.2. The number of ether oxygens (including phenoxy) is 1. The standard InChI is InChI=1S/C18H22N4O3/c23-16-14-5-1-2-6-15(14)19-18(20-16)22-7-3-4-13(12-22)17(24)21-8-10-25-11-9-21/h1-2,5-6,13H,3-4,7-12H2,(H,19,20,23). The SMILES string of the molecule is O=C(C1CCCN(c2nc3ccccc3c(=O)[nH]2)C1)N1CCOCC1. The number of carbonyl (C=O) groups is 1. The molecule has 132 valence electrons. The minimum atomic E-state index is -0.137. The molecule has 7 nitrogen and oxygen atoms in total. The lowest BCUT2D eigenvalue weighted by atomic mass is 9.96. The van der Waals surface area contributed by atoms with Crippen LogP contribution in [0.1, 0.15) is 12.8 Å². The van der Waals surface area contributed by atoms with E-state index in [1.54, 1.807) is 6.07 Å². The van der Waals surface area contributed by atoms with Crippen molar-refractivity contribution in [3.05, 3.63) is 34.6 Å². The van der Waals surface area contributed by atoms with Crippen molar-refractivity contribution < 1.29 is 9.53 Å². The van der Waals surface area contributed by atoms with Gasteiger partial charge in [0, 0.05) is 26.2 Å². The van der Waals surface area contributed by atoms with Gasteiger partial charge in [-0.25, -0.2) is 4.98 Å². The Morgan fingerprint density at radius 2 is 2.00 bits per heavy atom. The molecule has 2 aliphatic rings. The summed E-state index contributed by atoms with van der Waals surface area (Å²) in [7, 11) is 0. The molecule has 0 radical (unpaired) electrons. The maximum Gasteiger partial charge on any atom is 0.260 e. The second kappa shape index (κ2) is 6.84. The van der Waals surface area contributed by atoms with E-state index >= 15 is 0 Å². The molecule has 1 atom stereocenters. The molecule has 0 aliphatic carbocycles. The second-order valence-corrected chi connectivity index (χ2v) is 6.63. The molecule has 3 heterocycles. The van der Waals surface area contributed by atoms with Gasteiger partial charge < -0.3 is 14.5 Å². The van der Waals surface area contributed by atoms with Gasteiger partial charge >= 0.3 is 0 Å². The van der Waals surface area contributed by atoms with E-state index in [1.165, 1.54) is 0 Å². The number of carbonyl (C=O) groups excluding carboxylic acids is 1. The monoisotopic (exact) mass is 342 g/mol.